The third kappa shape index (κ3) is 5.42. The lowest BCUT2D eigenvalue weighted by Gasteiger charge is -2.24. The van der Waals surface area contributed by atoms with Gasteiger partial charge in [-0.25, -0.2) is 4.98 Å². The van der Waals surface area contributed by atoms with Crippen LogP contribution in [0.2, 0.25) is 5.02 Å². The molecule has 0 aliphatic rings. The first-order chi connectivity index (χ1) is 16.0. The number of nitrogens with one attached hydrogen (secondary N) is 2. The van der Waals surface area contributed by atoms with Crippen LogP contribution in [-0.4, -0.2) is 22.6 Å². The number of carbonyl (C=O) groups excluding carboxylic acids is 1. The van der Waals surface area contributed by atoms with E-state index in [1.54, 1.807) is 37.8 Å². The predicted molar refractivity (Wildman–Crippen MR) is 131 cm³/mol. The van der Waals surface area contributed by atoms with Gasteiger partial charge in [0.05, 0.1) is 18.5 Å². The van der Waals surface area contributed by atoms with Crippen molar-refractivity contribution in [3.05, 3.63) is 108 Å². The molecule has 0 unspecified atom stereocenters. The van der Waals surface area contributed by atoms with Gasteiger partial charge in [0, 0.05) is 29.8 Å². The second-order valence-electron chi connectivity index (χ2n) is 7.63. The van der Waals surface area contributed by atoms with Gasteiger partial charge >= 0.3 is 0 Å². The Morgan fingerprint density at radius 2 is 1.79 bits per heavy atom. The van der Waals surface area contributed by atoms with Gasteiger partial charge in [-0.1, -0.05) is 54.1 Å². The van der Waals surface area contributed by atoms with Crippen molar-refractivity contribution in [1.82, 2.24) is 14.9 Å². The summed E-state index contributed by atoms with van der Waals surface area (Å²) in [6.45, 7) is 2.04. The van der Waals surface area contributed by atoms with Crippen LogP contribution in [0.5, 0.6) is 5.75 Å². The lowest BCUT2D eigenvalue weighted by Crippen LogP contribution is -2.34. The number of benzene rings is 3. The minimum absolute atomic E-state index is 0.0720. The van der Waals surface area contributed by atoms with Gasteiger partial charge in [0.15, 0.2) is 0 Å². The molecular formula is C26H25ClN4O2. The van der Waals surface area contributed by atoms with Crippen LogP contribution in [0, 0.1) is 0 Å². The fourth-order valence-electron chi connectivity index (χ4n) is 3.62. The van der Waals surface area contributed by atoms with Crippen LogP contribution in [-0.2, 0) is 4.79 Å². The molecule has 7 heteroatoms. The summed E-state index contributed by atoms with van der Waals surface area (Å²) in [5, 5.41) is 6.87. The zero-order valence-electron chi connectivity index (χ0n) is 18.4. The highest BCUT2D eigenvalue weighted by atomic mass is 35.5. The molecule has 2 N–H and O–H groups in total. The summed E-state index contributed by atoms with van der Waals surface area (Å²) >= 11 is 6.23. The first-order valence-corrected chi connectivity index (χ1v) is 11.0. The number of hydrogen-bond acceptors (Lipinski definition) is 4. The lowest BCUT2D eigenvalue weighted by atomic mass is 10.0. The van der Waals surface area contributed by atoms with E-state index >= 15 is 0 Å². The van der Waals surface area contributed by atoms with E-state index < -0.39 is 6.04 Å². The number of methoxy groups -OCH3 is 1. The number of ether oxygens (including phenoxy) is 1. The maximum atomic E-state index is 13.3. The maximum absolute atomic E-state index is 13.3. The van der Waals surface area contributed by atoms with Gasteiger partial charge in [-0.2, -0.15) is 0 Å². The summed E-state index contributed by atoms with van der Waals surface area (Å²) in [6, 6.07) is 22.4. The molecule has 1 aromatic heterocycles. The van der Waals surface area contributed by atoms with Gasteiger partial charge in [0.2, 0.25) is 5.91 Å². The molecular weight excluding hydrogens is 436 g/mol. The van der Waals surface area contributed by atoms with Gasteiger partial charge in [0.25, 0.3) is 0 Å². The molecule has 6 nitrogen and oxygen atoms in total. The highest BCUT2D eigenvalue weighted by Gasteiger charge is 2.23. The minimum atomic E-state index is -0.560. The Balaban J connectivity index is 1.53. The van der Waals surface area contributed by atoms with Crippen molar-refractivity contribution < 1.29 is 9.53 Å². The van der Waals surface area contributed by atoms with Gasteiger partial charge < -0.3 is 14.6 Å². The number of aromatic nitrogens is 2. The van der Waals surface area contributed by atoms with Crippen LogP contribution in [0.1, 0.15) is 30.1 Å². The molecule has 0 saturated heterocycles. The number of halogens is 1. The van der Waals surface area contributed by atoms with Crippen molar-refractivity contribution in [2.24, 2.45) is 0 Å². The van der Waals surface area contributed by atoms with E-state index in [1.165, 1.54) is 0 Å². The zero-order valence-corrected chi connectivity index (χ0v) is 19.2. The van der Waals surface area contributed by atoms with E-state index in [4.69, 9.17) is 16.3 Å². The minimum Gasteiger partial charge on any atom is -0.495 e. The Kier molecular flexibility index (Phi) is 7.07. The number of carbonyl (C=O) groups is 1. The Morgan fingerprint density at radius 3 is 2.42 bits per heavy atom. The SMILES string of the molecule is COc1ccc(NC(=O)[C@@H](N[C@H](C)c2ccc(-n3ccnc3)cc2)c2ccccc2)cc1Cl. The highest BCUT2D eigenvalue weighted by Crippen LogP contribution is 2.28. The Morgan fingerprint density at radius 1 is 1.03 bits per heavy atom. The van der Waals surface area contributed by atoms with Crippen LogP contribution in [0.3, 0.4) is 0 Å². The number of nitrogens with zero attached hydrogens (tertiary/aromatic N) is 2. The molecule has 3 aromatic carbocycles. The second-order valence-corrected chi connectivity index (χ2v) is 8.04. The molecule has 0 aliphatic heterocycles. The Labute approximate surface area is 198 Å². The fraction of sp³-hybridized carbons (Fsp3) is 0.154. The average Bonchev–Trinajstić information content (AvgIpc) is 3.38. The van der Waals surface area contributed by atoms with Crippen LogP contribution in [0.4, 0.5) is 5.69 Å². The van der Waals surface area contributed by atoms with Gasteiger partial charge in [-0.05, 0) is 48.4 Å². The third-order valence-corrected chi connectivity index (χ3v) is 5.72. The standard InChI is InChI=1S/C26H25ClN4O2/c1-18(19-8-11-22(12-9-19)31-15-14-28-17-31)29-25(20-6-4-3-5-7-20)26(32)30-21-10-13-24(33-2)23(27)16-21/h3-18,25,29H,1-2H3,(H,30,32)/t18-,25+/m1/s1. The molecule has 1 amide bonds. The molecule has 4 rings (SSSR count). The number of rotatable bonds is 8. The third-order valence-electron chi connectivity index (χ3n) is 5.43. The summed E-state index contributed by atoms with van der Waals surface area (Å²) in [5.74, 6) is 0.379. The maximum Gasteiger partial charge on any atom is 0.246 e. The van der Waals surface area contributed by atoms with Crippen LogP contribution in [0.25, 0.3) is 5.69 Å². The smallest absolute Gasteiger partial charge is 0.246 e. The second kappa shape index (κ2) is 10.3. The number of hydrogen-bond donors (Lipinski definition) is 2. The average molecular weight is 461 g/mol. The topological polar surface area (TPSA) is 68.2 Å². The zero-order chi connectivity index (χ0) is 23.2. The van der Waals surface area contributed by atoms with Gasteiger partial charge in [0.1, 0.15) is 11.8 Å². The van der Waals surface area contributed by atoms with Crippen LogP contribution < -0.4 is 15.4 Å². The van der Waals surface area contributed by atoms with Crippen LogP contribution >= 0.6 is 11.6 Å². The molecule has 4 aromatic rings. The highest BCUT2D eigenvalue weighted by molar-refractivity contribution is 6.32. The normalized spacial score (nSPS) is 12.7. The molecule has 0 saturated carbocycles. The van der Waals surface area contributed by atoms with Crippen LogP contribution in [0.15, 0.2) is 91.5 Å². The largest absolute Gasteiger partial charge is 0.495 e. The summed E-state index contributed by atoms with van der Waals surface area (Å²) in [7, 11) is 1.55. The van der Waals surface area contributed by atoms with E-state index in [0.29, 0.717) is 16.5 Å². The first kappa shape index (κ1) is 22.6. The lowest BCUT2D eigenvalue weighted by molar-refractivity contribution is -0.118. The van der Waals surface area contributed by atoms with Crippen molar-refractivity contribution in [3.8, 4) is 11.4 Å². The molecule has 0 bridgehead atoms. The summed E-state index contributed by atoms with van der Waals surface area (Å²) in [6.07, 6.45) is 5.41. The van der Waals surface area contributed by atoms with Crippen molar-refractivity contribution in [2.75, 3.05) is 12.4 Å². The van der Waals surface area contributed by atoms with Crippen molar-refractivity contribution in [1.29, 1.82) is 0 Å². The Bertz CT molecular complexity index is 1190. The van der Waals surface area contributed by atoms with E-state index in [1.807, 2.05) is 60.2 Å². The van der Waals surface area contributed by atoms with Gasteiger partial charge in [-0.3, -0.25) is 10.1 Å². The first-order valence-electron chi connectivity index (χ1n) is 10.6. The van der Waals surface area contributed by atoms with E-state index in [2.05, 4.69) is 27.8 Å². The Hall–Kier alpha value is -3.61. The van der Waals surface area contributed by atoms with E-state index in [0.717, 1.165) is 16.8 Å². The molecule has 1 heterocycles. The van der Waals surface area contributed by atoms with Crippen molar-refractivity contribution >= 4 is 23.2 Å². The summed E-state index contributed by atoms with van der Waals surface area (Å²) in [4.78, 5) is 17.4. The molecule has 0 radical (unpaired) electrons. The summed E-state index contributed by atoms with van der Waals surface area (Å²) in [5.41, 5.74) is 3.57. The predicted octanol–water partition coefficient (Wildman–Crippen LogP) is 5.56. The number of imidazole rings is 1. The van der Waals surface area contributed by atoms with E-state index in [9.17, 15) is 4.79 Å². The van der Waals surface area contributed by atoms with E-state index in [-0.39, 0.29) is 11.9 Å². The number of anilines is 1. The molecule has 0 fully saturated rings. The molecule has 168 valence electrons. The monoisotopic (exact) mass is 460 g/mol. The van der Waals surface area contributed by atoms with Crippen molar-refractivity contribution in [2.45, 2.75) is 19.0 Å². The molecule has 2 atom stereocenters. The molecule has 0 aliphatic carbocycles. The molecule has 33 heavy (non-hydrogen) atoms. The summed E-state index contributed by atoms with van der Waals surface area (Å²) < 4.78 is 7.14. The van der Waals surface area contributed by atoms with Crippen molar-refractivity contribution in [3.63, 3.8) is 0 Å². The molecule has 0 spiro atoms. The number of amides is 1. The fourth-order valence-corrected chi connectivity index (χ4v) is 3.88. The van der Waals surface area contributed by atoms with Gasteiger partial charge in [-0.15, -0.1) is 0 Å². The quantitative estimate of drug-likeness (QED) is 0.361.